The fourth-order valence-electron chi connectivity index (χ4n) is 3.85. The minimum absolute atomic E-state index is 0.205. The summed E-state index contributed by atoms with van der Waals surface area (Å²) in [5.74, 6) is -0.0302. The Morgan fingerprint density at radius 2 is 1.81 bits per heavy atom. The predicted molar refractivity (Wildman–Crippen MR) is 138 cm³/mol. The highest BCUT2D eigenvalue weighted by Crippen LogP contribution is 2.26. The molecule has 182 valence electrons. The molecule has 9 nitrogen and oxygen atoms in total. The maximum Gasteiger partial charge on any atom is 0.245 e. The molecular formula is C26H25FN8O. The second-order valence-electron chi connectivity index (χ2n) is 8.25. The molecule has 0 unspecified atom stereocenters. The molecule has 36 heavy (non-hydrogen) atoms. The van der Waals surface area contributed by atoms with Crippen LogP contribution in [-0.2, 0) is 4.74 Å². The van der Waals surface area contributed by atoms with Crippen molar-refractivity contribution in [3.63, 3.8) is 0 Å². The van der Waals surface area contributed by atoms with E-state index in [-0.39, 0.29) is 11.8 Å². The lowest BCUT2D eigenvalue weighted by molar-refractivity contribution is 0.122. The summed E-state index contributed by atoms with van der Waals surface area (Å²) in [6.07, 6.45) is 8.00. The fourth-order valence-corrected chi connectivity index (χ4v) is 3.85. The number of anilines is 4. The first-order chi connectivity index (χ1) is 17.6. The number of nitrogens with one attached hydrogen (secondary N) is 2. The third kappa shape index (κ3) is 5.78. The Bertz CT molecular complexity index is 1340. The van der Waals surface area contributed by atoms with Crippen LogP contribution in [-0.4, -0.2) is 52.5 Å². The third-order valence-corrected chi connectivity index (χ3v) is 5.56. The molecule has 1 fully saturated rings. The van der Waals surface area contributed by atoms with Gasteiger partial charge >= 0.3 is 0 Å². The lowest BCUT2D eigenvalue weighted by Gasteiger charge is -2.27. The third-order valence-electron chi connectivity index (χ3n) is 5.56. The van der Waals surface area contributed by atoms with Gasteiger partial charge in [-0.25, -0.2) is 14.8 Å². The van der Waals surface area contributed by atoms with Crippen LogP contribution in [0.3, 0.4) is 0 Å². The van der Waals surface area contributed by atoms with Crippen molar-refractivity contribution in [2.24, 2.45) is 5.10 Å². The van der Waals surface area contributed by atoms with E-state index in [1.165, 1.54) is 0 Å². The largest absolute Gasteiger partial charge is 0.378 e. The number of halogens is 1. The molecule has 1 aliphatic rings. The Labute approximate surface area is 208 Å². The minimum atomic E-state index is -0.474. The number of ether oxygens (including phenoxy) is 1. The number of morpholine rings is 1. The van der Waals surface area contributed by atoms with Crippen LogP contribution >= 0.6 is 0 Å². The number of pyridine rings is 2. The zero-order valence-corrected chi connectivity index (χ0v) is 19.7. The van der Waals surface area contributed by atoms with Crippen LogP contribution in [0.2, 0.25) is 0 Å². The van der Waals surface area contributed by atoms with Gasteiger partial charge in [-0.1, -0.05) is 6.07 Å². The maximum absolute atomic E-state index is 14.2. The molecule has 3 aromatic heterocycles. The monoisotopic (exact) mass is 484 g/mol. The van der Waals surface area contributed by atoms with Crippen molar-refractivity contribution in [2.45, 2.75) is 6.92 Å². The molecule has 0 amide bonds. The van der Waals surface area contributed by atoms with Crippen LogP contribution in [0.5, 0.6) is 0 Å². The highest BCUT2D eigenvalue weighted by Gasteiger charge is 2.17. The SMILES string of the molecule is Cc1cc(Nc2ccc(/C=N/Nc3ncc(F)c(N4CCOCC4)n3)nc2)cc(-c2ccncc2)c1. The summed E-state index contributed by atoms with van der Waals surface area (Å²) >= 11 is 0. The van der Waals surface area contributed by atoms with Gasteiger partial charge in [0.25, 0.3) is 0 Å². The zero-order valence-electron chi connectivity index (χ0n) is 19.7. The highest BCUT2D eigenvalue weighted by atomic mass is 19.1. The average Bonchev–Trinajstić information content (AvgIpc) is 2.91. The quantitative estimate of drug-likeness (QED) is 0.294. The van der Waals surface area contributed by atoms with E-state index >= 15 is 0 Å². The molecule has 1 aromatic carbocycles. The highest BCUT2D eigenvalue weighted by molar-refractivity contribution is 5.78. The number of aryl methyl sites for hydroxylation is 1. The van der Waals surface area contributed by atoms with Gasteiger partial charge in [0.2, 0.25) is 5.95 Å². The van der Waals surface area contributed by atoms with Gasteiger partial charge in [-0.2, -0.15) is 10.1 Å². The van der Waals surface area contributed by atoms with Crippen molar-refractivity contribution in [1.82, 2.24) is 19.9 Å². The standard InChI is InChI=1S/C26H25FN8O/c1-18-12-20(19-4-6-28-7-5-19)14-23(13-18)32-22-3-2-21(29-15-22)16-31-34-26-30-17-24(27)25(33-26)35-8-10-36-11-9-35/h2-7,12-17,32H,8-11H2,1H3,(H,30,33,34)/b31-16+. The number of rotatable bonds is 7. The van der Waals surface area contributed by atoms with Crippen molar-refractivity contribution in [1.29, 1.82) is 0 Å². The van der Waals surface area contributed by atoms with Gasteiger partial charge in [0.1, 0.15) is 0 Å². The molecule has 5 rings (SSSR count). The van der Waals surface area contributed by atoms with Crippen molar-refractivity contribution >= 4 is 29.4 Å². The van der Waals surface area contributed by atoms with Gasteiger partial charge in [-0.3, -0.25) is 9.97 Å². The van der Waals surface area contributed by atoms with Crippen LogP contribution < -0.4 is 15.6 Å². The molecule has 2 N–H and O–H groups in total. The number of benzene rings is 1. The second-order valence-corrected chi connectivity index (χ2v) is 8.25. The smallest absolute Gasteiger partial charge is 0.245 e. The van der Waals surface area contributed by atoms with Crippen LogP contribution in [0, 0.1) is 12.7 Å². The topological polar surface area (TPSA) is 100 Å². The summed E-state index contributed by atoms with van der Waals surface area (Å²) in [5.41, 5.74) is 8.58. The van der Waals surface area contributed by atoms with Crippen LogP contribution in [0.4, 0.5) is 27.5 Å². The van der Waals surface area contributed by atoms with E-state index in [2.05, 4.69) is 60.9 Å². The summed E-state index contributed by atoms with van der Waals surface area (Å²) in [6, 6.07) is 14.1. The fraction of sp³-hybridized carbons (Fsp3) is 0.192. The molecule has 0 aliphatic carbocycles. The van der Waals surface area contributed by atoms with Gasteiger partial charge in [-0.15, -0.1) is 0 Å². The normalized spacial score (nSPS) is 13.7. The van der Waals surface area contributed by atoms with E-state index in [9.17, 15) is 4.39 Å². The zero-order chi connectivity index (χ0) is 24.7. The number of nitrogens with zero attached hydrogens (tertiary/aromatic N) is 6. The molecular weight excluding hydrogens is 459 g/mol. The molecule has 0 radical (unpaired) electrons. The molecule has 1 aliphatic heterocycles. The lowest BCUT2D eigenvalue weighted by atomic mass is 10.0. The summed E-state index contributed by atoms with van der Waals surface area (Å²) in [7, 11) is 0. The van der Waals surface area contributed by atoms with Gasteiger partial charge in [0.15, 0.2) is 11.6 Å². The lowest BCUT2D eigenvalue weighted by Crippen LogP contribution is -2.37. The van der Waals surface area contributed by atoms with Crippen LogP contribution in [0.15, 0.2) is 72.4 Å². The van der Waals surface area contributed by atoms with Gasteiger partial charge < -0.3 is 15.0 Å². The molecule has 0 spiro atoms. The van der Waals surface area contributed by atoms with Crippen molar-refractivity contribution in [2.75, 3.05) is 41.9 Å². The van der Waals surface area contributed by atoms with E-state index in [1.807, 2.05) is 29.2 Å². The molecule has 0 atom stereocenters. The summed E-state index contributed by atoms with van der Waals surface area (Å²) in [6.45, 7) is 4.30. The Morgan fingerprint density at radius 1 is 0.972 bits per heavy atom. The Hall–Kier alpha value is -4.44. The van der Waals surface area contributed by atoms with E-state index in [0.29, 0.717) is 32.0 Å². The molecule has 0 saturated carbocycles. The minimum Gasteiger partial charge on any atom is -0.378 e. The first kappa shape index (κ1) is 23.3. The molecule has 0 bridgehead atoms. The van der Waals surface area contributed by atoms with Crippen molar-refractivity contribution in [3.8, 4) is 11.1 Å². The molecule has 10 heteroatoms. The Kier molecular flexibility index (Phi) is 7.04. The van der Waals surface area contributed by atoms with E-state index in [0.717, 1.165) is 34.3 Å². The summed E-state index contributed by atoms with van der Waals surface area (Å²) < 4.78 is 19.5. The van der Waals surface area contributed by atoms with E-state index < -0.39 is 5.82 Å². The van der Waals surface area contributed by atoms with Gasteiger partial charge in [-0.05, 0) is 60.0 Å². The van der Waals surface area contributed by atoms with Crippen LogP contribution in [0.1, 0.15) is 11.3 Å². The number of hydrogen-bond donors (Lipinski definition) is 2. The number of aromatic nitrogens is 4. The molecule has 1 saturated heterocycles. The molecule has 4 aromatic rings. The van der Waals surface area contributed by atoms with E-state index in [4.69, 9.17) is 4.74 Å². The van der Waals surface area contributed by atoms with E-state index in [1.54, 1.807) is 24.8 Å². The average molecular weight is 485 g/mol. The first-order valence-corrected chi connectivity index (χ1v) is 11.5. The maximum atomic E-state index is 14.2. The second kappa shape index (κ2) is 10.9. The molecule has 4 heterocycles. The first-order valence-electron chi connectivity index (χ1n) is 11.5. The number of hydrogen-bond acceptors (Lipinski definition) is 9. The van der Waals surface area contributed by atoms with Gasteiger partial charge in [0, 0.05) is 31.2 Å². The summed E-state index contributed by atoms with van der Waals surface area (Å²) in [5, 5.41) is 7.54. The van der Waals surface area contributed by atoms with Gasteiger partial charge in [0.05, 0.1) is 43.2 Å². The Morgan fingerprint density at radius 3 is 2.58 bits per heavy atom. The Balaban J connectivity index is 1.22. The van der Waals surface area contributed by atoms with Crippen LogP contribution in [0.25, 0.3) is 11.1 Å². The number of hydrazone groups is 1. The van der Waals surface area contributed by atoms with Crippen molar-refractivity contribution in [3.05, 3.63) is 84.3 Å². The predicted octanol–water partition coefficient (Wildman–Crippen LogP) is 4.41. The summed E-state index contributed by atoms with van der Waals surface area (Å²) in [4.78, 5) is 18.6. The van der Waals surface area contributed by atoms with Crippen molar-refractivity contribution < 1.29 is 9.13 Å².